The van der Waals surface area contributed by atoms with Gasteiger partial charge in [-0.3, -0.25) is 0 Å². The lowest BCUT2D eigenvalue weighted by Gasteiger charge is -2.06. The maximum Gasteiger partial charge on any atom is 0.123 e. The Kier molecular flexibility index (Phi) is 3.61. The molecule has 1 heterocycles. The minimum absolute atomic E-state index is 0.589. The first-order chi connectivity index (χ1) is 9.76. The van der Waals surface area contributed by atoms with Gasteiger partial charge in [0.2, 0.25) is 0 Å². The zero-order valence-electron chi connectivity index (χ0n) is 11.6. The molecule has 0 N–H and O–H groups in total. The van der Waals surface area contributed by atoms with Crippen molar-refractivity contribution in [3.63, 3.8) is 0 Å². The largest absolute Gasteiger partial charge is 0.497 e. The zero-order valence-corrected chi connectivity index (χ0v) is 12.4. The topological polar surface area (TPSA) is 18.5 Å². The Morgan fingerprint density at radius 1 is 1.00 bits per heavy atom. The van der Waals surface area contributed by atoms with Crippen molar-refractivity contribution in [3.8, 4) is 11.5 Å². The van der Waals surface area contributed by atoms with Crippen LogP contribution in [0.1, 0.15) is 10.4 Å². The highest BCUT2D eigenvalue weighted by Gasteiger charge is 2.05. The van der Waals surface area contributed by atoms with Gasteiger partial charge in [0.15, 0.2) is 0 Å². The summed E-state index contributed by atoms with van der Waals surface area (Å²) in [6.45, 7) is 2.73. The fraction of sp³-hybridized carbons (Fsp3) is 0.176. The number of ether oxygens (including phenoxy) is 2. The van der Waals surface area contributed by atoms with E-state index in [1.165, 1.54) is 20.5 Å². The van der Waals surface area contributed by atoms with Crippen molar-refractivity contribution in [1.82, 2.24) is 0 Å². The van der Waals surface area contributed by atoms with E-state index in [0.29, 0.717) is 6.61 Å². The molecule has 0 radical (unpaired) electrons. The molecule has 0 unspecified atom stereocenters. The minimum Gasteiger partial charge on any atom is -0.497 e. The summed E-state index contributed by atoms with van der Waals surface area (Å²) in [5, 5.41) is 1.29. The van der Waals surface area contributed by atoms with Gasteiger partial charge >= 0.3 is 0 Å². The van der Waals surface area contributed by atoms with Gasteiger partial charge in [-0.25, -0.2) is 0 Å². The number of hydrogen-bond donors (Lipinski definition) is 0. The van der Waals surface area contributed by atoms with Crippen molar-refractivity contribution >= 4 is 21.4 Å². The Bertz CT molecular complexity index is 731. The number of rotatable bonds is 4. The van der Waals surface area contributed by atoms with Gasteiger partial charge in [0, 0.05) is 15.6 Å². The molecule has 3 heteroatoms. The van der Waals surface area contributed by atoms with Crippen LogP contribution in [0.3, 0.4) is 0 Å². The molecule has 0 saturated heterocycles. The summed E-state index contributed by atoms with van der Waals surface area (Å²) in [5.74, 6) is 1.65. The third-order valence-electron chi connectivity index (χ3n) is 3.21. The molecule has 0 amide bonds. The lowest BCUT2D eigenvalue weighted by atomic mass is 10.2. The molecule has 0 saturated carbocycles. The van der Waals surface area contributed by atoms with Gasteiger partial charge in [-0.2, -0.15) is 0 Å². The molecule has 2 aromatic carbocycles. The number of thiophene rings is 1. The number of aryl methyl sites for hydroxylation is 1. The predicted molar refractivity (Wildman–Crippen MR) is 83.9 cm³/mol. The average molecular weight is 284 g/mol. The Labute approximate surface area is 122 Å². The first-order valence-electron chi connectivity index (χ1n) is 6.51. The quantitative estimate of drug-likeness (QED) is 0.685. The van der Waals surface area contributed by atoms with Gasteiger partial charge in [0.1, 0.15) is 18.1 Å². The Hall–Kier alpha value is -2.00. The molecule has 0 aliphatic heterocycles. The summed E-state index contributed by atoms with van der Waals surface area (Å²) in [4.78, 5) is 1.23. The second kappa shape index (κ2) is 5.55. The minimum atomic E-state index is 0.589. The number of fused-ring (bicyclic) bond motifs is 1. The smallest absolute Gasteiger partial charge is 0.123 e. The third kappa shape index (κ3) is 2.63. The first kappa shape index (κ1) is 13.0. The van der Waals surface area contributed by atoms with Crippen LogP contribution in [0.2, 0.25) is 0 Å². The fourth-order valence-corrected chi connectivity index (χ4v) is 3.22. The molecule has 0 bridgehead atoms. The van der Waals surface area contributed by atoms with E-state index in [4.69, 9.17) is 9.47 Å². The highest BCUT2D eigenvalue weighted by atomic mass is 32.1. The molecule has 2 nitrogen and oxygen atoms in total. The summed E-state index contributed by atoms with van der Waals surface area (Å²) in [6, 6.07) is 16.3. The van der Waals surface area contributed by atoms with E-state index in [9.17, 15) is 0 Å². The van der Waals surface area contributed by atoms with E-state index in [1.54, 1.807) is 18.4 Å². The molecule has 0 spiro atoms. The van der Waals surface area contributed by atoms with Gasteiger partial charge in [0.05, 0.1) is 7.11 Å². The molecule has 1 aromatic heterocycles. The van der Waals surface area contributed by atoms with Crippen LogP contribution in [-0.4, -0.2) is 7.11 Å². The molecule has 0 atom stereocenters. The molecule has 0 aliphatic carbocycles. The van der Waals surface area contributed by atoms with E-state index < -0.39 is 0 Å². The van der Waals surface area contributed by atoms with Crippen LogP contribution in [0.15, 0.2) is 48.5 Å². The van der Waals surface area contributed by atoms with Crippen molar-refractivity contribution in [2.45, 2.75) is 13.5 Å². The van der Waals surface area contributed by atoms with Crippen LogP contribution in [0.25, 0.3) is 10.1 Å². The van der Waals surface area contributed by atoms with Crippen molar-refractivity contribution in [2.24, 2.45) is 0 Å². The second-order valence-electron chi connectivity index (χ2n) is 4.67. The molecule has 3 aromatic rings. The molecule has 0 aliphatic rings. The Balaban J connectivity index is 1.78. The summed E-state index contributed by atoms with van der Waals surface area (Å²) < 4.78 is 12.4. The van der Waals surface area contributed by atoms with E-state index in [-0.39, 0.29) is 0 Å². The standard InChI is InChI=1S/C17H16O2S/c1-12-5-3-6-13-9-16(20-17(12)13)11-19-15-8-4-7-14(10-15)18-2/h3-10H,11H2,1-2H3. The van der Waals surface area contributed by atoms with Gasteiger partial charge < -0.3 is 9.47 Å². The zero-order chi connectivity index (χ0) is 13.9. The Morgan fingerprint density at radius 2 is 1.80 bits per heavy atom. The lowest BCUT2D eigenvalue weighted by Crippen LogP contribution is -1.93. The van der Waals surface area contributed by atoms with Crippen LogP contribution in [0.5, 0.6) is 11.5 Å². The van der Waals surface area contributed by atoms with E-state index in [2.05, 4.69) is 31.2 Å². The van der Waals surface area contributed by atoms with Gasteiger partial charge in [0.25, 0.3) is 0 Å². The van der Waals surface area contributed by atoms with Gasteiger partial charge in [-0.15, -0.1) is 11.3 Å². The summed E-state index contributed by atoms with van der Waals surface area (Å²) in [6.07, 6.45) is 0. The van der Waals surface area contributed by atoms with Gasteiger partial charge in [-0.1, -0.05) is 24.3 Å². The molecule has 3 rings (SSSR count). The maximum atomic E-state index is 5.83. The van der Waals surface area contributed by atoms with Crippen molar-refractivity contribution in [2.75, 3.05) is 7.11 Å². The summed E-state index contributed by atoms with van der Waals surface area (Å²) >= 11 is 1.80. The van der Waals surface area contributed by atoms with E-state index in [0.717, 1.165) is 11.5 Å². The third-order valence-corrected chi connectivity index (χ3v) is 4.47. The van der Waals surface area contributed by atoms with Crippen LogP contribution in [0, 0.1) is 6.92 Å². The predicted octanol–water partition coefficient (Wildman–Crippen LogP) is 4.80. The average Bonchev–Trinajstić information content (AvgIpc) is 2.90. The summed E-state index contributed by atoms with van der Waals surface area (Å²) in [7, 11) is 1.66. The SMILES string of the molecule is COc1cccc(OCc2cc3cccc(C)c3s2)c1. The molecular formula is C17H16O2S. The first-order valence-corrected chi connectivity index (χ1v) is 7.33. The number of benzene rings is 2. The number of hydrogen-bond acceptors (Lipinski definition) is 3. The van der Waals surface area contributed by atoms with Crippen molar-refractivity contribution in [3.05, 3.63) is 59.0 Å². The fourth-order valence-electron chi connectivity index (χ4n) is 2.18. The molecule has 102 valence electrons. The normalized spacial score (nSPS) is 10.7. The van der Waals surface area contributed by atoms with Crippen LogP contribution >= 0.6 is 11.3 Å². The van der Waals surface area contributed by atoms with Gasteiger partial charge in [-0.05, 0) is 36.1 Å². The van der Waals surface area contributed by atoms with Crippen LogP contribution in [0.4, 0.5) is 0 Å². The van der Waals surface area contributed by atoms with Crippen LogP contribution in [-0.2, 0) is 6.61 Å². The second-order valence-corrected chi connectivity index (χ2v) is 5.81. The van der Waals surface area contributed by atoms with E-state index >= 15 is 0 Å². The van der Waals surface area contributed by atoms with Crippen LogP contribution < -0.4 is 9.47 Å². The van der Waals surface area contributed by atoms with Crippen molar-refractivity contribution < 1.29 is 9.47 Å². The maximum absolute atomic E-state index is 5.83. The highest BCUT2D eigenvalue weighted by molar-refractivity contribution is 7.19. The monoisotopic (exact) mass is 284 g/mol. The van der Waals surface area contributed by atoms with Crippen molar-refractivity contribution in [1.29, 1.82) is 0 Å². The van der Waals surface area contributed by atoms with E-state index in [1.807, 2.05) is 24.3 Å². The highest BCUT2D eigenvalue weighted by Crippen LogP contribution is 2.29. The molecule has 0 fully saturated rings. The Morgan fingerprint density at radius 3 is 2.60 bits per heavy atom. The summed E-state index contributed by atoms with van der Waals surface area (Å²) in [5.41, 5.74) is 1.32. The number of methoxy groups -OCH3 is 1. The lowest BCUT2D eigenvalue weighted by molar-refractivity contribution is 0.307. The molecule has 20 heavy (non-hydrogen) atoms. The molecular weight excluding hydrogens is 268 g/mol.